The van der Waals surface area contributed by atoms with E-state index in [9.17, 15) is 14.4 Å². The van der Waals surface area contributed by atoms with Gasteiger partial charge in [-0.15, -0.1) is 11.3 Å². The maximum Gasteiger partial charge on any atom is 0.273 e. The Balaban J connectivity index is 1.56. The SMILES string of the molecule is CC(c1cc(C(=O)N(C)C)nn1C)N(C)c1nc(N2CC(C)(N(C)C)C2)nc2c(F)c(-c3ccc(F)c4sc(N)c(C#N)c34)c(Cl)cc12. The van der Waals surface area contributed by atoms with E-state index in [1.54, 1.807) is 38.0 Å². The van der Waals surface area contributed by atoms with Crippen LogP contribution >= 0.6 is 22.9 Å². The van der Waals surface area contributed by atoms with Gasteiger partial charge in [0.15, 0.2) is 11.5 Å². The van der Waals surface area contributed by atoms with Crippen LogP contribution < -0.4 is 15.5 Å². The van der Waals surface area contributed by atoms with Crippen molar-refractivity contribution in [3.8, 4) is 17.2 Å². The summed E-state index contributed by atoms with van der Waals surface area (Å²) in [5.74, 6) is -0.791. The second-order valence-corrected chi connectivity index (χ2v) is 14.3. The molecule has 0 bridgehead atoms. The molecular weight excluding hydrogens is 658 g/mol. The summed E-state index contributed by atoms with van der Waals surface area (Å²) in [7, 11) is 10.9. The first kappa shape index (κ1) is 33.3. The van der Waals surface area contributed by atoms with Gasteiger partial charge in [0.1, 0.15) is 28.2 Å². The molecule has 4 heterocycles. The topological polar surface area (TPSA) is 123 Å². The van der Waals surface area contributed by atoms with Crippen molar-refractivity contribution in [3.05, 3.63) is 57.9 Å². The van der Waals surface area contributed by atoms with Gasteiger partial charge in [-0.1, -0.05) is 17.7 Å². The third-order valence-electron chi connectivity index (χ3n) is 9.36. The number of thiophene rings is 1. The van der Waals surface area contributed by atoms with Crippen LogP contribution in [0.5, 0.6) is 0 Å². The predicted octanol–water partition coefficient (Wildman–Crippen LogP) is 5.67. The van der Waals surface area contributed by atoms with Crippen LogP contribution in [-0.4, -0.2) is 89.3 Å². The molecule has 2 aromatic carbocycles. The number of anilines is 3. The maximum atomic E-state index is 17.1. The number of aryl methyl sites for hydroxylation is 1. The highest BCUT2D eigenvalue weighted by atomic mass is 35.5. The molecule has 6 rings (SSSR count). The quantitative estimate of drug-likeness (QED) is 0.230. The van der Waals surface area contributed by atoms with Gasteiger partial charge < -0.3 is 25.3 Å². The Kier molecular flexibility index (Phi) is 8.22. The van der Waals surface area contributed by atoms with E-state index in [4.69, 9.17) is 27.3 Å². The predicted molar refractivity (Wildman–Crippen MR) is 187 cm³/mol. The molecule has 1 unspecified atom stereocenters. The lowest BCUT2D eigenvalue weighted by molar-refractivity contribution is 0.0821. The Morgan fingerprint density at radius 3 is 2.48 bits per heavy atom. The van der Waals surface area contributed by atoms with E-state index in [2.05, 4.69) is 16.9 Å². The van der Waals surface area contributed by atoms with Gasteiger partial charge in [0.2, 0.25) is 5.95 Å². The summed E-state index contributed by atoms with van der Waals surface area (Å²) in [6, 6.07) is 7.62. The molecule has 0 radical (unpaired) electrons. The number of carbonyl (C=O) groups is 1. The summed E-state index contributed by atoms with van der Waals surface area (Å²) < 4.78 is 33.7. The standard InChI is InChI=1S/C33H35ClF2N10OS/c1-16(23-12-22(41-45(23)8)31(47)42(3)4)44(7)30-18-11-20(34)25(17-9-10-21(35)28-24(17)19(13-37)29(38)48-28)26(36)27(18)39-32(40-30)46-14-33(2,15-46)43(5)6/h9-12,16H,14-15,38H2,1-8H3. The highest BCUT2D eigenvalue weighted by Gasteiger charge is 2.42. The lowest BCUT2D eigenvalue weighted by Crippen LogP contribution is -2.67. The summed E-state index contributed by atoms with van der Waals surface area (Å²) in [6.45, 7) is 5.30. The molecule has 11 nitrogen and oxygen atoms in total. The number of hydrogen-bond acceptors (Lipinski definition) is 10. The second-order valence-electron chi connectivity index (χ2n) is 12.9. The number of amides is 1. The van der Waals surface area contributed by atoms with E-state index in [1.807, 2.05) is 43.9 Å². The fourth-order valence-corrected chi connectivity index (χ4v) is 7.37. The normalized spacial score (nSPS) is 14.8. The van der Waals surface area contributed by atoms with Crippen molar-refractivity contribution in [2.45, 2.75) is 25.4 Å². The first-order valence-electron chi connectivity index (χ1n) is 15.1. The van der Waals surface area contributed by atoms with Crippen molar-refractivity contribution in [1.29, 1.82) is 5.26 Å². The minimum atomic E-state index is -0.736. The minimum absolute atomic E-state index is 0.0135. The highest BCUT2D eigenvalue weighted by molar-refractivity contribution is 7.23. The molecule has 1 aliphatic rings. The molecule has 3 aromatic heterocycles. The number of halogens is 3. The fraction of sp³-hybridized carbons (Fsp3) is 0.364. The van der Waals surface area contributed by atoms with Crippen molar-refractivity contribution in [3.63, 3.8) is 0 Å². The Morgan fingerprint density at radius 1 is 1.17 bits per heavy atom. The highest BCUT2D eigenvalue weighted by Crippen LogP contribution is 2.46. The third kappa shape index (κ3) is 5.17. The van der Waals surface area contributed by atoms with Crippen LogP contribution in [-0.2, 0) is 7.05 Å². The second kappa shape index (κ2) is 11.8. The number of fused-ring (bicyclic) bond motifs is 2. The summed E-state index contributed by atoms with van der Waals surface area (Å²) in [6.07, 6.45) is 0. The van der Waals surface area contributed by atoms with Crippen LogP contribution in [0.3, 0.4) is 0 Å². The molecule has 2 N–H and O–H groups in total. The molecule has 15 heteroatoms. The molecule has 0 aliphatic carbocycles. The van der Waals surface area contributed by atoms with E-state index >= 15 is 4.39 Å². The van der Waals surface area contributed by atoms with Gasteiger partial charge in [-0.3, -0.25) is 9.48 Å². The van der Waals surface area contributed by atoms with E-state index < -0.39 is 11.6 Å². The summed E-state index contributed by atoms with van der Waals surface area (Å²) in [5, 5.41) is 15.0. The van der Waals surface area contributed by atoms with Crippen molar-refractivity contribution in [2.75, 3.05) is 63.9 Å². The van der Waals surface area contributed by atoms with Gasteiger partial charge in [0.05, 0.1) is 32.6 Å². The van der Waals surface area contributed by atoms with Gasteiger partial charge in [0.25, 0.3) is 5.91 Å². The van der Waals surface area contributed by atoms with Crippen molar-refractivity contribution >= 4 is 66.6 Å². The van der Waals surface area contributed by atoms with Crippen LogP contribution in [0.1, 0.15) is 41.6 Å². The number of nitrogens with zero attached hydrogens (tertiary/aromatic N) is 9. The lowest BCUT2D eigenvalue weighted by atomic mass is 9.91. The maximum absolute atomic E-state index is 17.1. The number of benzene rings is 2. The zero-order valence-corrected chi connectivity index (χ0v) is 29.4. The lowest BCUT2D eigenvalue weighted by Gasteiger charge is -2.52. The summed E-state index contributed by atoms with van der Waals surface area (Å²) in [5.41, 5.74) is 7.27. The van der Waals surface area contributed by atoms with Crippen LogP contribution in [0.4, 0.5) is 25.5 Å². The zero-order valence-electron chi connectivity index (χ0n) is 27.9. The van der Waals surface area contributed by atoms with E-state index in [-0.39, 0.29) is 59.8 Å². The molecule has 48 heavy (non-hydrogen) atoms. The van der Waals surface area contributed by atoms with Gasteiger partial charge in [0, 0.05) is 57.6 Å². The van der Waals surface area contributed by atoms with E-state index in [1.165, 1.54) is 17.0 Å². The summed E-state index contributed by atoms with van der Waals surface area (Å²) >= 11 is 7.80. The molecular formula is C33H35ClF2N10OS. The number of rotatable bonds is 7. The first-order chi connectivity index (χ1) is 22.6. The molecule has 0 spiro atoms. The van der Waals surface area contributed by atoms with Crippen LogP contribution in [0.2, 0.25) is 5.02 Å². The number of aromatic nitrogens is 4. The van der Waals surface area contributed by atoms with E-state index in [0.717, 1.165) is 17.0 Å². The summed E-state index contributed by atoms with van der Waals surface area (Å²) in [4.78, 5) is 29.8. The van der Waals surface area contributed by atoms with E-state index in [0.29, 0.717) is 35.9 Å². The minimum Gasteiger partial charge on any atom is -0.389 e. The molecule has 250 valence electrons. The molecule has 1 amide bonds. The van der Waals surface area contributed by atoms with Gasteiger partial charge in [-0.2, -0.15) is 15.3 Å². The Bertz CT molecular complexity index is 2170. The van der Waals surface area contributed by atoms with Gasteiger partial charge in [-0.25, -0.2) is 13.8 Å². The van der Waals surface area contributed by atoms with Gasteiger partial charge >= 0.3 is 0 Å². The van der Waals surface area contributed by atoms with Crippen molar-refractivity contribution < 1.29 is 13.6 Å². The Morgan fingerprint density at radius 2 is 1.85 bits per heavy atom. The number of likely N-dealkylation sites (N-methyl/N-ethyl adjacent to an activating group) is 1. The number of nitriles is 1. The van der Waals surface area contributed by atoms with Crippen LogP contribution in [0.25, 0.3) is 32.1 Å². The first-order valence-corrected chi connectivity index (χ1v) is 16.3. The number of carbonyl (C=O) groups excluding carboxylic acids is 1. The molecule has 1 fully saturated rings. The largest absolute Gasteiger partial charge is 0.389 e. The number of nitrogen functional groups attached to an aromatic ring is 1. The molecule has 1 atom stereocenters. The molecule has 1 aliphatic heterocycles. The van der Waals surface area contributed by atoms with Crippen molar-refractivity contribution in [1.82, 2.24) is 29.5 Å². The van der Waals surface area contributed by atoms with Crippen molar-refractivity contribution in [2.24, 2.45) is 7.05 Å². The fourth-order valence-electron chi connectivity index (χ4n) is 6.12. The molecule has 5 aromatic rings. The average molecular weight is 693 g/mol. The zero-order chi connectivity index (χ0) is 35.0. The van der Waals surface area contributed by atoms with Crippen LogP contribution in [0.15, 0.2) is 24.3 Å². The van der Waals surface area contributed by atoms with Crippen LogP contribution in [0, 0.1) is 23.0 Å². The number of nitrogens with two attached hydrogens (primary N) is 1. The average Bonchev–Trinajstić information content (AvgIpc) is 3.58. The third-order valence-corrected chi connectivity index (χ3v) is 10.7. The Labute approximate surface area is 285 Å². The smallest absolute Gasteiger partial charge is 0.273 e. The Hall–Kier alpha value is -4.58. The monoisotopic (exact) mass is 692 g/mol. The molecule has 0 saturated carbocycles. The molecule has 1 saturated heterocycles. The number of hydrogen-bond donors (Lipinski definition) is 1. The van der Waals surface area contributed by atoms with Gasteiger partial charge in [-0.05, 0) is 51.7 Å².